The Kier molecular flexibility index (Phi) is 17.4. The molecule has 0 spiro atoms. The molecule has 0 unspecified atom stereocenters. The molecule has 0 fully saturated rings. The Morgan fingerprint density at radius 3 is 2.54 bits per heavy atom. The van der Waals surface area contributed by atoms with E-state index in [1.807, 2.05) is 26.0 Å². The molecule has 0 aliphatic carbocycles. The minimum atomic E-state index is -0.410. The highest BCUT2D eigenvalue weighted by Gasteiger charge is 2.14. The lowest BCUT2D eigenvalue weighted by atomic mass is 10.1. The third-order valence-electron chi connectivity index (χ3n) is 6.23. The molecule has 4 nitrogen and oxygen atoms in total. The van der Waals surface area contributed by atoms with Crippen molar-refractivity contribution in [2.24, 2.45) is 11.7 Å². The summed E-state index contributed by atoms with van der Waals surface area (Å²) in [5.74, 6) is 1.97. The molecule has 2 rings (SSSR count). The largest absolute Gasteiger partial charge is 0.491 e. The zero-order valence-corrected chi connectivity index (χ0v) is 24.7. The molecule has 1 atom stereocenters. The SMILES string of the molecule is CC.CCN(CCCC/C=C/C[C@H](C)CS)c1cc(C(N)=O)ccc1OCCCCc1cccc(C)c1. The van der Waals surface area contributed by atoms with Crippen LogP contribution in [-0.2, 0) is 6.42 Å². The molecule has 0 bridgehead atoms. The Morgan fingerprint density at radius 1 is 1.08 bits per heavy atom. The maximum atomic E-state index is 11.8. The van der Waals surface area contributed by atoms with Gasteiger partial charge in [0.2, 0.25) is 5.91 Å². The molecular weight excluding hydrogens is 476 g/mol. The van der Waals surface area contributed by atoms with Gasteiger partial charge < -0.3 is 15.4 Å². The molecule has 206 valence electrons. The zero-order chi connectivity index (χ0) is 27.5. The summed E-state index contributed by atoms with van der Waals surface area (Å²) in [6, 6.07) is 14.2. The number of amides is 1. The van der Waals surface area contributed by atoms with Gasteiger partial charge in [-0.05, 0) is 94.2 Å². The predicted octanol–water partition coefficient (Wildman–Crippen LogP) is 8.03. The Morgan fingerprint density at radius 2 is 1.86 bits per heavy atom. The van der Waals surface area contributed by atoms with E-state index in [-0.39, 0.29) is 0 Å². The summed E-state index contributed by atoms with van der Waals surface area (Å²) in [5.41, 5.74) is 9.72. The number of benzene rings is 2. The standard InChI is InChI=1S/C30H44N2O2S.C2H6/c1-4-32(19-10-7-5-6-8-13-25(3)23-35)28-22-27(30(31)33)17-18-29(28)34-20-11-9-15-26-16-12-14-24(2)21-26;1-2/h6,8,12,14,16-18,21-22,25,35H,4-5,7,9-11,13,15,19-20,23H2,1-3H3,(H2,31,33);1-2H3/b8-6+;/t25-;/m0./s1. The normalized spacial score (nSPS) is 11.6. The summed E-state index contributed by atoms with van der Waals surface area (Å²) in [7, 11) is 0. The molecule has 0 saturated carbocycles. The second-order valence-electron chi connectivity index (χ2n) is 9.41. The Balaban J connectivity index is 0.00000334. The Bertz CT molecular complexity index is 929. The topological polar surface area (TPSA) is 55.6 Å². The number of nitrogens with two attached hydrogens (primary N) is 1. The number of rotatable bonds is 17. The van der Waals surface area contributed by atoms with Gasteiger partial charge in [-0.3, -0.25) is 4.79 Å². The average Bonchev–Trinajstić information content (AvgIpc) is 2.91. The van der Waals surface area contributed by atoms with Crippen LogP contribution in [0.5, 0.6) is 5.75 Å². The molecule has 0 aliphatic rings. The third kappa shape index (κ3) is 13.1. The number of nitrogens with zero attached hydrogens (tertiary/aromatic N) is 1. The van der Waals surface area contributed by atoms with E-state index >= 15 is 0 Å². The van der Waals surface area contributed by atoms with Crippen LogP contribution in [0, 0.1) is 12.8 Å². The Hall–Kier alpha value is -2.40. The lowest BCUT2D eigenvalue weighted by Crippen LogP contribution is -2.25. The highest BCUT2D eigenvalue weighted by Crippen LogP contribution is 2.30. The van der Waals surface area contributed by atoms with Crippen LogP contribution in [-0.4, -0.2) is 31.4 Å². The van der Waals surface area contributed by atoms with Gasteiger partial charge in [0.05, 0.1) is 12.3 Å². The van der Waals surface area contributed by atoms with Gasteiger partial charge in [0.25, 0.3) is 0 Å². The summed E-state index contributed by atoms with van der Waals surface area (Å²) < 4.78 is 6.20. The van der Waals surface area contributed by atoms with Crippen LogP contribution < -0.4 is 15.4 Å². The maximum Gasteiger partial charge on any atom is 0.248 e. The first-order valence-corrected chi connectivity index (χ1v) is 14.7. The van der Waals surface area contributed by atoms with E-state index in [1.54, 1.807) is 6.07 Å². The van der Waals surface area contributed by atoms with Gasteiger partial charge in [0.1, 0.15) is 5.75 Å². The van der Waals surface area contributed by atoms with E-state index in [4.69, 9.17) is 10.5 Å². The van der Waals surface area contributed by atoms with Gasteiger partial charge >= 0.3 is 0 Å². The zero-order valence-electron chi connectivity index (χ0n) is 23.8. The van der Waals surface area contributed by atoms with Crippen LogP contribution in [0.1, 0.15) is 87.7 Å². The van der Waals surface area contributed by atoms with E-state index in [0.717, 1.165) is 75.2 Å². The van der Waals surface area contributed by atoms with Crippen LogP contribution in [0.2, 0.25) is 0 Å². The summed E-state index contributed by atoms with van der Waals surface area (Å²) in [6.07, 6.45) is 12.1. The number of hydrogen-bond donors (Lipinski definition) is 2. The van der Waals surface area contributed by atoms with Gasteiger partial charge in [0, 0.05) is 18.7 Å². The number of unbranched alkanes of at least 4 members (excludes halogenated alkanes) is 3. The van der Waals surface area contributed by atoms with Crippen molar-refractivity contribution in [3.8, 4) is 5.75 Å². The average molecular weight is 527 g/mol. The highest BCUT2D eigenvalue weighted by molar-refractivity contribution is 7.80. The summed E-state index contributed by atoms with van der Waals surface area (Å²) >= 11 is 4.34. The number of thiol groups is 1. The van der Waals surface area contributed by atoms with Gasteiger partial charge in [-0.15, -0.1) is 0 Å². The van der Waals surface area contributed by atoms with Gasteiger partial charge in [-0.25, -0.2) is 0 Å². The number of primary amides is 1. The van der Waals surface area contributed by atoms with E-state index in [2.05, 4.69) is 74.7 Å². The van der Waals surface area contributed by atoms with Crippen molar-refractivity contribution in [1.82, 2.24) is 0 Å². The van der Waals surface area contributed by atoms with Crippen LogP contribution in [0.4, 0.5) is 5.69 Å². The van der Waals surface area contributed by atoms with Crippen molar-refractivity contribution in [1.29, 1.82) is 0 Å². The van der Waals surface area contributed by atoms with Crippen molar-refractivity contribution < 1.29 is 9.53 Å². The predicted molar refractivity (Wildman–Crippen MR) is 164 cm³/mol. The summed E-state index contributed by atoms with van der Waals surface area (Å²) in [6.45, 7) is 12.9. The van der Waals surface area contributed by atoms with Crippen molar-refractivity contribution >= 4 is 24.2 Å². The minimum Gasteiger partial charge on any atom is -0.491 e. The van der Waals surface area contributed by atoms with E-state index in [9.17, 15) is 4.79 Å². The second kappa shape index (κ2) is 19.7. The molecule has 0 heterocycles. The molecule has 2 aromatic rings. The lowest BCUT2D eigenvalue weighted by molar-refractivity contribution is 0.1000. The molecule has 37 heavy (non-hydrogen) atoms. The van der Waals surface area contributed by atoms with Crippen LogP contribution in [0.3, 0.4) is 0 Å². The summed E-state index contributed by atoms with van der Waals surface area (Å²) in [5, 5.41) is 0. The molecule has 0 saturated heterocycles. The molecule has 5 heteroatoms. The molecule has 0 aliphatic heterocycles. The molecule has 1 amide bonds. The van der Waals surface area contributed by atoms with Gasteiger partial charge in [-0.2, -0.15) is 12.6 Å². The molecule has 0 radical (unpaired) electrons. The highest BCUT2D eigenvalue weighted by atomic mass is 32.1. The third-order valence-corrected chi connectivity index (χ3v) is 6.85. The number of anilines is 1. The maximum absolute atomic E-state index is 11.8. The van der Waals surface area contributed by atoms with Gasteiger partial charge in [-0.1, -0.05) is 62.8 Å². The van der Waals surface area contributed by atoms with Crippen molar-refractivity contribution in [3.63, 3.8) is 0 Å². The van der Waals surface area contributed by atoms with Crippen molar-refractivity contribution in [3.05, 3.63) is 71.3 Å². The van der Waals surface area contributed by atoms with E-state index in [1.165, 1.54) is 11.1 Å². The fourth-order valence-electron chi connectivity index (χ4n) is 4.06. The van der Waals surface area contributed by atoms with Crippen molar-refractivity contribution in [2.75, 3.05) is 30.3 Å². The number of aryl methyl sites for hydroxylation is 2. The molecular formula is C32H50N2O2S. The van der Waals surface area contributed by atoms with Crippen LogP contribution in [0.15, 0.2) is 54.6 Å². The van der Waals surface area contributed by atoms with Crippen LogP contribution >= 0.6 is 12.6 Å². The minimum absolute atomic E-state index is 0.410. The van der Waals surface area contributed by atoms with Gasteiger partial charge in [0.15, 0.2) is 0 Å². The number of carbonyl (C=O) groups is 1. The lowest BCUT2D eigenvalue weighted by Gasteiger charge is -2.26. The number of hydrogen-bond acceptors (Lipinski definition) is 4. The van der Waals surface area contributed by atoms with E-state index < -0.39 is 5.91 Å². The first-order chi connectivity index (χ1) is 17.9. The van der Waals surface area contributed by atoms with E-state index in [0.29, 0.717) is 18.1 Å². The Labute approximate surface area is 232 Å². The number of ether oxygens (including phenoxy) is 1. The fraction of sp³-hybridized carbons (Fsp3) is 0.531. The number of allylic oxidation sites excluding steroid dienone is 2. The smallest absolute Gasteiger partial charge is 0.248 e. The summed E-state index contributed by atoms with van der Waals surface area (Å²) in [4.78, 5) is 14.1. The first-order valence-electron chi connectivity index (χ1n) is 14.1. The van der Waals surface area contributed by atoms with Crippen molar-refractivity contribution in [2.45, 2.75) is 79.6 Å². The number of carbonyl (C=O) groups excluding carboxylic acids is 1. The fourth-order valence-corrected chi connectivity index (χ4v) is 4.20. The molecule has 2 N–H and O–H groups in total. The van der Waals surface area contributed by atoms with Crippen LogP contribution in [0.25, 0.3) is 0 Å². The monoisotopic (exact) mass is 526 g/mol. The second-order valence-corrected chi connectivity index (χ2v) is 9.78. The molecule has 0 aromatic heterocycles. The molecule has 2 aromatic carbocycles. The first kappa shape index (κ1) is 32.6. The quantitative estimate of drug-likeness (QED) is 0.125.